The van der Waals surface area contributed by atoms with Gasteiger partial charge in [-0.05, 0) is 46.6 Å². The molecule has 4 N–H and O–H groups in total. The summed E-state index contributed by atoms with van der Waals surface area (Å²) in [6.45, 7) is 1.96. The number of halogens is 1. The fourth-order valence-electron chi connectivity index (χ4n) is 1.58. The van der Waals surface area contributed by atoms with Crippen LogP contribution in [0.3, 0.4) is 0 Å². The predicted octanol–water partition coefficient (Wildman–Crippen LogP) is 2.18. The molecular weight excluding hydrogens is 280 g/mol. The molecule has 17 heavy (non-hydrogen) atoms. The average molecular weight is 293 g/mol. The molecule has 1 atom stereocenters. The van der Waals surface area contributed by atoms with E-state index >= 15 is 0 Å². The van der Waals surface area contributed by atoms with E-state index in [1.165, 1.54) is 0 Å². The van der Waals surface area contributed by atoms with Crippen LogP contribution in [-0.4, -0.2) is 9.97 Å². The lowest BCUT2D eigenvalue weighted by molar-refractivity contribution is 0.823. The molecule has 2 heterocycles. The summed E-state index contributed by atoms with van der Waals surface area (Å²) in [5.74, 6) is 0.452. The summed E-state index contributed by atoms with van der Waals surface area (Å²) in [5.41, 5.74) is 14.6. The van der Waals surface area contributed by atoms with E-state index in [0.717, 1.165) is 21.3 Å². The number of pyridine rings is 2. The molecule has 88 valence electrons. The van der Waals surface area contributed by atoms with Crippen molar-refractivity contribution in [3.63, 3.8) is 0 Å². The molecule has 0 amide bonds. The molecule has 0 bridgehead atoms. The Labute approximate surface area is 108 Å². The van der Waals surface area contributed by atoms with Crippen LogP contribution in [0.25, 0.3) is 0 Å². The van der Waals surface area contributed by atoms with Crippen molar-refractivity contribution in [3.05, 3.63) is 51.9 Å². The minimum atomic E-state index is -0.351. The zero-order valence-corrected chi connectivity index (χ0v) is 11.0. The average Bonchev–Trinajstić information content (AvgIpc) is 2.32. The molecule has 2 rings (SSSR count). The van der Waals surface area contributed by atoms with E-state index in [1.807, 2.05) is 25.1 Å². The third-order valence-electron chi connectivity index (χ3n) is 2.49. The highest BCUT2D eigenvalue weighted by Crippen LogP contribution is 2.23. The van der Waals surface area contributed by atoms with Crippen molar-refractivity contribution in [2.45, 2.75) is 13.0 Å². The molecule has 5 heteroatoms. The number of aryl methyl sites for hydroxylation is 1. The minimum absolute atomic E-state index is 0.351. The van der Waals surface area contributed by atoms with Crippen LogP contribution in [0.2, 0.25) is 0 Å². The monoisotopic (exact) mass is 292 g/mol. The summed E-state index contributed by atoms with van der Waals surface area (Å²) in [7, 11) is 0. The van der Waals surface area contributed by atoms with Gasteiger partial charge < -0.3 is 11.5 Å². The molecule has 0 aliphatic rings. The van der Waals surface area contributed by atoms with Gasteiger partial charge in [0.2, 0.25) is 0 Å². The van der Waals surface area contributed by atoms with Crippen LogP contribution < -0.4 is 11.5 Å². The number of nitrogen functional groups attached to an aromatic ring is 1. The van der Waals surface area contributed by atoms with Crippen LogP contribution in [-0.2, 0) is 0 Å². The first-order valence-electron chi connectivity index (χ1n) is 5.17. The Kier molecular flexibility index (Phi) is 3.40. The quantitative estimate of drug-likeness (QED) is 0.889. The largest absolute Gasteiger partial charge is 0.383 e. The van der Waals surface area contributed by atoms with Crippen molar-refractivity contribution < 1.29 is 0 Å². The number of hydrogen-bond donors (Lipinski definition) is 2. The number of aromatic nitrogens is 2. The van der Waals surface area contributed by atoms with Crippen molar-refractivity contribution in [3.8, 4) is 0 Å². The highest BCUT2D eigenvalue weighted by Gasteiger charge is 2.14. The maximum Gasteiger partial charge on any atom is 0.128 e. The third kappa shape index (κ3) is 2.62. The molecule has 2 aromatic heterocycles. The number of anilines is 1. The van der Waals surface area contributed by atoms with Gasteiger partial charge in [0.15, 0.2) is 0 Å². The topological polar surface area (TPSA) is 77.8 Å². The first-order chi connectivity index (χ1) is 8.08. The summed E-state index contributed by atoms with van der Waals surface area (Å²) < 4.78 is 0.920. The predicted molar refractivity (Wildman–Crippen MR) is 71.4 cm³/mol. The standard InChI is InChI=1S/C12H13BrN4/c1-7-4-9(12(15)17-5-7)11(14)10-3-2-8(13)6-16-10/h2-6,11H,14H2,1H3,(H2,15,17). The van der Waals surface area contributed by atoms with E-state index in [9.17, 15) is 0 Å². The van der Waals surface area contributed by atoms with Gasteiger partial charge in [-0.25, -0.2) is 4.98 Å². The SMILES string of the molecule is Cc1cnc(N)c(C(N)c2ccc(Br)cn2)c1. The lowest BCUT2D eigenvalue weighted by atomic mass is 10.0. The van der Waals surface area contributed by atoms with Gasteiger partial charge in [-0.1, -0.05) is 0 Å². The summed E-state index contributed by atoms with van der Waals surface area (Å²) in [6, 6.07) is 5.37. The van der Waals surface area contributed by atoms with Crippen LogP contribution in [0.4, 0.5) is 5.82 Å². The van der Waals surface area contributed by atoms with Gasteiger partial charge >= 0.3 is 0 Å². The van der Waals surface area contributed by atoms with Gasteiger partial charge in [-0.3, -0.25) is 4.98 Å². The Morgan fingerprint density at radius 1 is 1.24 bits per heavy atom. The Morgan fingerprint density at radius 3 is 2.65 bits per heavy atom. The molecular formula is C12H13BrN4. The zero-order chi connectivity index (χ0) is 12.4. The van der Waals surface area contributed by atoms with Gasteiger partial charge in [-0.15, -0.1) is 0 Å². The van der Waals surface area contributed by atoms with E-state index in [2.05, 4.69) is 25.9 Å². The second-order valence-corrected chi connectivity index (χ2v) is 4.78. The van der Waals surface area contributed by atoms with E-state index in [1.54, 1.807) is 12.4 Å². The number of nitrogens with two attached hydrogens (primary N) is 2. The van der Waals surface area contributed by atoms with Crippen molar-refractivity contribution in [2.75, 3.05) is 5.73 Å². The summed E-state index contributed by atoms with van der Waals surface area (Å²) in [4.78, 5) is 8.37. The van der Waals surface area contributed by atoms with Crippen molar-refractivity contribution in [2.24, 2.45) is 5.73 Å². The van der Waals surface area contributed by atoms with Crippen LogP contribution in [0.5, 0.6) is 0 Å². The van der Waals surface area contributed by atoms with E-state index in [0.29, 0.717) is 5.82 Å². The molecule has 0 radical (unpaired) electrons. The zero-order valence-electron chi connectivity index (χ0n) is 9.39. The van der Waals surface area contributed by atoms with E-state index < -0.39 is 0 Å². The van der Waals surface area contributed by atoms with E-state index in [-0.39, 0.29) is 6.04 Å². The summed E-state index contributed by atoms with van der Waals surface area (Å²) in [6.07, 6.45) is 3.44. The highest BCUT2D eigenvalue weighted by atomic mass is 79.9. The number of nitrogens with zero attached hydrogens (tertiary/aromatic N) is 2. The summed E-state index contributed by atoms with van der Waals surface area (Å²) in [5, 5.41) is 0. The van der Waals surface area contributed by atoms with Gasteiger partial charge in [0.25, 0.3) is 0 Å². The van der Waals surface area contributed by atoms with Crippen molar-refractivity contribution >= 4 is 21.7 Å². The van der Waals surface area contributed by atoms with Crippen LogP contribution in [0, 0.1) is 6.92 Å². The lowest BCUT2D eigenvalue weighted by Crippen LogP contribution is -2.16. The Morgan fingerprint density at radius 2 is 2.00 bits per heavy atom. The van der Waals surface area contributed by atoms with Gasteiger partial charge in [0.1, 0.15) is 5.82 Å². The highest BCUT2D eigenvalue weighted by molar-refractivity contribution is 9.10. The summed E-state index contributed by atoms with van der Waals surface area (Å²) >= 11 is 3.34. The molecule has 0 spiro atoms. The maximum absolute atomic E-state index is 6.14. The van der Waals surface area contributed by atoms with Crippen LogP contribution in [0.1, 0.15) is 22.9 Å². The fraction of sp³-hybridized carbons (Fsp3) is 0.167. The Bertz CT molecular complexity index is 525. The van der Waals surface area contributed by atoms with E-state index in [4.69, 9.17) is 11.5 Å². The fourth-order valence-corrected chi connectivity index (χ4v) is 1.82. The van der Waals surface area contributed by atoms with Crippen molar-refractivity contribution in [1.82, 2.24) is 9.97 Å². The smallest absolute Gasteiger partial charge is 0.128 e. The Balaban J connectivity index is 2.39. The third-order valence-corrected chi connectivity index (χ3v) is 2.96. The molecule has 0 fully saturated rings. The maximum atomic E-state index is 6.14. The lowest BCUT2D eigenvalue weighted by Gasteiger charge is -2.13. The molecule has 0 saturated carbocycles. The molecule has 0 aliphatic heterocycles. The van der Waals surface area contributed by atoms with Crippen LogP contribution in [0.15, 0.2) is 35.1 Å². The molecule has 0 saturated heterocycles. The molecule has 0 aromatic carbocycles. The molecule has 0 aliphatic carbocycles. The second-order valence-electron chi connectivity index (χ2n) is 3.87. The van der Waals surface area contributed by atoms with Crippen molar-refractivity contribution in [1.29, 1.82) is 0 Å². The first kappa shape index (κ1) is 12.0. The first-order valence-corrected chi connectivity index (χ1v) is 5.96. The Hall–Kier alpha value is -1.46. The number of hydrogen-bond acceptors (Lipinski definition) is 4. The van der Waals surface area contributed by atoms with Gasteiger partial charge in [0.05, 0.1) is 11.7 Å². The molecule has 4 nitrogen and oxygen atoms in total. The number of rotatable bonds is 2. The van der Waals surface area contributed by atoms with Gasteiger partial charge in [-0.2, -0.15) is 0 Å². The normalized spacial score (nSPS) is 12.4. The molecule has 1 unspecified atom stereocenters. The van der Waals surface area contributed by atoms with Crippen LogP contribution >= 0.6 is 15.9 Å². The van der Waals surface area contributed by atoms with Gasteiger partial charge in [0, 0.05) is 22.4 Å². The minimum Gasteiger partial charge on any atom is -0.383 e. The molecule has 2 aromatic rings. The second kappa shape index (κ2) is 4.81.